The summed E-state index contributed by atoms with van der Waals surface area (Å²) in [4.78, 5) is 0. The van der Waals surface area contributed by atoms with Crippen LogP contribution in [0.4, 0.5) is 0 Å². The van der Waals surface area contributed by atoms with E-state index in [4.69, 9.17) is 0 Å². The molecule has 2 nitrogen and oxygen atoms in total. The lowest BCUT2D eigenvalue weighted by Crippen LogP contribution is -2.42. The summed E-state index contributed by atoms with van der Waals surface area (Å²) in [5.74, 6) is 1.28. The van der Waals surface area contributed by atoms with Gasteiger partial charge >= 0.3 is 0 Å². The molecule has 0 bridgehead atoms. The van der Waals surface area contributed by atoms with Crippen molar-refractivity contribution in [2.45, 2.75) is 45.3 Å². The van der Waals surface area contributed by atoms with E-state index < -0.39 is 11.7 Å². The topological polar surface area (TPSA) is 40.5 Å². The standard InChI is InChI=1S/C10H18O2/c1-9(2)6-4-8(11)10(3,12)5-7(6)9/h6-8,11-12H,4-5H2,1-3H3/t6-,7-,8-,10+/m0/s1. The molecule has 0 aromatic carbocycles. The zero-order valence-electron chi connectivity index (χ0n) is 8.04. The average molecular weight is 170 g/mol. The highest BCUT2D eigenvalue weighted by atomic mass is 16.3. The van der Waals surface area contributed by atoms with Crippen molar-refractivity contribution in [3.8, 4) is 0 Å². The Kier molecular flexibility index (Phi) is 1.45. The van der Waals surface area contributed by atoms with E-state index in [0.29, 0.717) is 17.3 Å². The molecular formula is C10H18O2. The van der Waals surface area contributed by atoms with Crippen molar-refractivity contribution >= 4 is 0 Å². The Bertz CT molecular complexity index is 208. The van der Waals surface area contributed by atoms with E-state index in [-0.39, 0.29) is 0 Å². The number of rotatable bonds is 0. The zero-order valence-corrected chi connectivity index (χ0v) is 8.04. The molecule has 0 aromatic rings. The fraction of sp³-hybridized carbons (Fsp3) is 1.00. The second kappa shape index (κ2) is 2.05. The Hall–Kier alpha value is -0.0800. The second-order valence-corrected chi connectivity index (χ2v) is 5.35. The fourth-order valence-electron chi connectivity index (χ4n) is 2.81. The van der Waals surface area contributed by atoms with Gasteiger partial charge in [-0.15, -0.1) is 0 Å². The highest BCUT2D eigenvalue weighted by Crippen LogP contribution is 2.66. The first-order valence-electron chi connectivity index (χ1n) is 4.76. The minimum Gasteiger partial charge on any atom is -0.390 e. The summed E-state index contributed by atoms with van der Waals surface area (Å²) in [5, 5.41) is 19.4. The average Bonchev–Trinajstić information content (AvgIpc) is 2.37. The molecule has 2 rings (SSSR count). The molecule has 0 heterocycles. The SMILES string of the molecule is CC1(C)[C@H]2C[C@H](O)[C@](C)(O)C[C@@H]21. The van der Waals surface area contributed by atoms with Gasteiger partial charge in [0, 0.05) is 0 Å². The molecule has 2 aliphatic carbocycles. The first-order valence-corrected chi connectivity index (χ1v) is 4.76. The third-order valence-corrected chi connectivity index (χ3v) is 4.12. The van der Waals surface area contributed by atoms with Gasteiger partial charge in [-0.1, -0.05) is 13.8 Å². The van der Waals surface area contributed by atoms with Crippen molar-refractivity contribution < 1.29 is 10.2 Å². The molecule has 0 saturated heterocycles. The molecule has 2 fully saturated rings. The zero-order chi connectivity index (χ0) is 9.15. The summed E-state index contributed by atoms with van der Waals surface area (Å²) in [7, 11) is 0. The number of fused-ring (bicyclic) bond motifs is 1. The van der Waals surface area contributed by atoms with Crippen LogP contribution >= 0.6 is 0 Å². The van der Waals surface area contributed by atoms with Gasteiger partial charge in [0.2, 0.25) is 0 Å². The first-order chi connectivity index (χ1) is 5.36. The highest BCUT2D eigenvalue weighted by Gasteiger charge is 2.63. The lowest BCUT2D eigenvalue weighted by molar-refractivity contribution is -0.0892. The van der Waals surface area contributed by atoms with E-state index in [9.17, 15) is 10.2 Å². The molecule has 0 unspecified atom stereocenters. The highest BCUT2D eigenvalue weighted by molar-refractivity contribution is 5.12. The van der Waals surface area contributed by atoms with Gasteiger partial charge in [-0.3, -0.25) is 0 Å². The van der Waals surface area contributed by atoms with Crippen LogP contribution in [-0.4, -0.2) is 21.9 Å². The van der Waals surface area contributed by atoms with Gasteiger partial charge in [0.1, 0.15) is 0 Å². The Morgan fingerprint density at radius 3 is 2.25 bits per heavy atom. The van der Waals surface area contributed by atoms with Gasteiger partial charge in [-0.25, -0.2) is 0 Å². The maximum atomic E-state index is 9.82. The Balaban J connectivity index is 2.14. The predicted octanol–water partition coefficient (Wildman–Crippen LogP) is 1.16. The Morgan fingerprint density at radius 2 is 1.75 bits per heavy atom. The van der Waals surface area contributed by atoms with Crippen molar-refractivity contribution in [3.63, 3.8) is 0 Å². The van der Waals surface area contributed by atoms with Crippen LogP contribution in [0.3, 0.4) is 0 Å². The third kappa shape index (κ3) is 0.944. The number of aliphatic hydroxyl groups excluding tert-OH is 1. The lowest BCUT2D eigenvalue weighted by Gasteiger charge is -2.32. The quantitative estimate of drug-likeness (QED) is 0.573. The summed E-state index contributed by atoms with van der Waals surface area (Å²) in [6.07, 6.45) is 1.04. The molecule has 0 aliphatic heterocycles. The van der Waals surface area contributed by atoms with Crippen molar-refractivity contribution in [3.05, 3.63) is 0 Å². The molecule has 0 amide bonds. The molecule has 0 spiro atoms. The molecule has 0 radical (unpaired) electrons. The van der Waals surface area contributed by atoms with Gasteiger partial charge < -0.3 is 10.2 Å². The summed E-state index contributed by atoms with van der Waals surface area (Å²) in [6, 6.07) is 0. The largest absolute Gasteiger partial charge is 0.390 e. The number of aliphatic hydroxyl groups is 2. The molecule has 12 heavy (non-hydrogen) atoms. The Labute approximate surface area is 73.6 Å². The van der Waals surface area contributed by atoms with Crippen LogP contribution in [0.25, 0.3) is 0 Å². The third-order valence-electron chi connectivity index (χ3n) is 4.12. The summed E-state index contributed by atoms with van der Waals surface area (Å²) in [5.41, 5.74) is -0.476. The smallest absolute Gasteiger partial charge is 0.0880 e. The first kappa shape index (κ1) is 8.52. The van der Waals surface area contributed by atoms with E-state index in [1.165, 1.54) is 0 Å². The van der Waals surface area contributed by atoms with Crippen LogP contribution < -0.4 is 0 Å². The monoisotopic (exact) mass is 170 g/mol. The van der Waals surface area contributed by atoms with Gasteiger partial charge in [0.15, 0.2) is 0 Å². The summed E-state index contributed by atoms with van der Waals surface area (Å²) < 4.78 is 0. The second-order valence-electron chi connectivity index (χ2n) is 5.35. The van der Waals surface area contributed by atoms with Crippen LogP contribution in [0, 0.1) is 17.3 Å². The normalized spacial score (nSPS) is 56.2. The molecule has 2 heteroatoms. The van der Waals surface area contributed by atoms with E-state index in [1.54, 1.807) is 6.92 Å². The van der Waals surface area contributed by atoms with Crippen LogP contribution in [0.15, 0.2) is 0 Å². The van der Waals surface area contributed by atoms with Gasteiger partial charge in [-0.05, 0) is 37.0 Å². The van der Waals surface area contributed by atoms with Crippen molar-refractivity contribution in [2.24, 2.45) is 17.3 Å². The van der Waals surface area contributed by atoms with E-state index in [1.807, 2.05) is 0 Å². The van der Waals surface area contributed by atoms with E-state index in [0.717, 1.165) is 12.8 Å². The van der Waals surface area contributed by atoms with E-state index in [2.05, 4.69) is 13.8 Å². The Morgan fingerprint density at radius 1 is 1.17 bits per heavy atom. The molecule has 2 N–H and O–H groups in total. The molecule has 4 atom stereocenters. The minimum absolute atomic E-state index is 0.363. The van der Waals surface area contributed by atoms with Crippen LogP contribution in [0.1, 0.15) is 33.6 Å². The van der Waals surface area contributed by atoms with Gasteiger partial charge in [0.05, 0.1) is 11.7 Å². The molecule has 2 aliphatic rings. The molecular weight excluding hydrogens is 152 g/mol. The fourth-order valence-corrected chi connectivity index (χ4v) is 2.81. The van der Waals surface area contributed by atoms with Crippen LogP contribution in [-0.2, 0) is 0 Å². The molecule has 2 saturated carbocycles. The summed E-state index contributed by atoms with van der Waals surface area (Å²) >= 11 is 0. The maximum absolute atomic E-state index is 9.82. The van der Waals surface area contributed by atoms with Crippen molar-refractivity contribution in [1.82, 2.24) is 0 Å². The van der Waals surface area contributed by atoms with Crippen molar-refractivity contribution in [1.29, 1.82) is 0 Å². The summed E-state index contributed by atoms with van der Waals surface area (Å²) in [6.45, 7) is 6.22. The lowest BCUT2D eigenvalue weighted by atomic mass is 9.84. The van der Waals surface area contributed by atoms with Crippen molar-refractivity contribution in [2.75, 3.05) is 0 Å². The minimum atomic E-state index is -0.838. The molecule has 0 aromatic heterocycles. The predicted molar refractivity (Wildman–Crippen MR) is 46.6 cm³/mol. The van der Waals surface area contributed by atoms with E-state index >= 15 is 0 Å². The molecule has 70 valence electrons. The van der Waals surface area contributed by atoms with Crippen LogP contribution in [0.2, 0.25) is 0 Å². The number of hydrogen-bond acceptors (Lipinski definition) is 2. The van der Waals surface area contributed by atoms with Gasteiger partial charge in [0.25, 0.3) is 0 Å². The number of hydrogen-bond donors (Lipinski definition) is 2. The van der Waals surface area contributed by atoms with Crippen LogP contribution in [0.5, 0.6) is 0 Å². The van der Waals surface area contributed by atoms with Gasteiger partial charge in [-0.2, -0.15) is 0 Å². The maximum Gasteiger partial charge on any atom is 0.0880 e.